The summed E-state index contributed by atoms with van der Waals surface area (Å²) in [5.74, 6) is 1.00. The van der Waals surface area contributed by atoms with E-state index in [-0.39, 0.29) is 29.3 Å². The molecule has 0 bridgehead atoms. The number of benzene rings is 2. The van der Waals surface area contributed by atoms with Crippen molar-refractivity contribution in [3.05, 3.63) is 100 Å². The number of aromatic nitrogens is 1. The summed E-state index contributed by atoms with van der Waals surface area (Å²) in [6.45, 7) is -0.377. The zero-order valence-electron chi connectivity index (χ0n) is 17.0. The van der Waals surface area contributed by atoms with Crippen molar-refractivity contribution >= 4 is 17.7 Å². The van der Waals surface area contributed by atoms with Gasteiger partial charge in [-0.1, -0.05) is 47.9 Å². The predicted octanol–water partition coefficient (Wildman–Crippen LogP) is 5.74. The molecular weight excluding hydrogens is 460 g/mol. The van der Waals surface area contributed by atoms with Crippen LogP contribution in [-0.4, -0.2) is 17.7 Å². The number of ether oxygens (including phenoxy) is 1. The van der Waals surface area contributed by atoms with Crippen molar-refractivity contribution in [3.8, 4) is 12.3 Å². The van der Waals surface area contributed by atoms with Crippen LogP contribution in [0.3, 0.4) is 0 Å². The Balaban J connectivity index is 2.28. The summed E-state index contributed by atoms with van der Waals surface area (Å²) in [6, 6.07) is 13.6. The lowest BCUT2D eigenvalue weighted by Gasteiger charge is -2.35. The number of nitrogens with one attached hydrogen (secondary N) is 1. The molecule has 0 aliphatic rings. The number of nitrogens with zero attached hydrogens (tertiary/aromatic N) is 1. The maximum Gasteiger partial charge on any atom is 0.416 e. The normalized spacial score (nSPS) is 13.0. The second-order valence-corrected chi connectivity index (χ2v) is 7.50. The van der Waals surface area contributed by atoms with Gasteiger partial charge < -0.3 is 10.1 Å². The highest BCUT2D eigenvalue weighted by atomic mass is 35.5. The monoisotopic (exact) mass is 476 g/mol. The second kappa shape index (κ2) is 9.92. The van der Waals surface area contributed by atoms with Gasteiger partial charge >= 0.3 is 12.3 Å². The standard InChI is InChI=1S/C24H17ClF4N2O2/c1-2-10-33-22(32)31-23(14-16-6-4-3-5-7-16,21-9-8-19(25)15-30-21)17-11-18(24(27,28)29)13-20(26)12-17/h1,3-9,11-13,15H,10,14H2,(H,31,32)/t23-/m1/s1. The summed E-state index contributed by atoms with van der Waals surface area (Å²) in [5.41, 5.74) is -2.41. The van der Waals surface area contributed by atoms with Gasteiger partial charge in [0.1, 0.15) is 11.4 Å². The molecular formula is C24H17ClF4N2O2. The molecule has 170 valence electrons. The third-order valence-corrected chi connectivity index (χ3v) is 5.02. The van der Waals surface area contributed by atoms with Gasteiger partial charge in [-0.25, -0.2) is 9.18 Å². The molecule has 0 spiro atoms. The van der Waals surface area contributed by atoms with Crippen molar-refractivity contribution in [2.75, 3.05) is 6.61 Å². The van der Waals surface area contributed by atoms with Crippen molar-refractivity contribution in [2.45, 2.75) is 18.1 Å². The summed E-state index contributed by atoms with van der Waals surface area (Å²) in [7, 11) is 0. The Labute approximate surface area is 192 Å². The summed E-state index contributed by atoms with van der Waals surface area (Å²) in [6.07, 6.45) is 0.490. The number of amides is 1. The first-order valence-electron chi connectivity index (χ1n) is 9.57. The van der Waals surface area contributed by atoms with Crippen molar-refractivity contribution in [2.24, 2.45) is 0 Å². The molecule has 4 nitrogen and oxygen atoms in total. The van der Waals surface area contributed by atoms with Crippen molar-refractivity contribution in [1.82, 2.24) is 10.3 Å². The van der Waals surface area contributed by atoms with Crippen LogP contribution in [0.25, 0.3) is 0 Å². The van der Waals surface area contributed by atoms with Gasteiger partial charge in [0.05, 0.1) is 16.3 Å². The van der Waals surface area contributed by atoms with E-state index in [4.69, 9.17) is 22.8 Å². The third kappa shape index (κ3) is 5.82. The topological polar surface area (TPSA) is 51.2 Å². The lowest BCUT2D eigenvalue weighted by Crippen LogP contribution is -2.49. The van der Waals surface area contributed by atoms with Gasteiger partial charge in [0.2, 0.25) is 0 Å². The highest BCUT2D eigenvalue weighted by molar-refractivity contribution is 6.30. The Morgan fingerprint density at radius 3 is 2.39 bits per heavy atom. The quantitative estimate of drug-likeness (QED) is 0.365. The first-order valence-corrected chi connectivity index (χ1v) is 9.94. The summed E-state index contributed by atoms with van der Waals surface area (Å²) in [5, 5.41) is 2.84. The lowest BCUT2D eigenvalue weighted by molar-refractivity contribution is -0.137. The van der Waals surface area contributed by atoms with Crippen LogP contribution in [0.15, 0.2) is 66.9 Å². The van der Waals surface area contributed by atoms with E-state index in [0.717, 1.165) is 12.1 Å². The van der Waals surface area contributed by atoms with Gasteiger partial charge in [0.25, 0.3) is 0 Å². The highest BCUT2D eigenvalue weighted by Crippen LogP contribution is 2.38. The largest absolute Gasteiger partial charge is 0.436 e. The lowest BCUT2D eigenvalue weighted by atomic mass is 9.80. The first-order chi connectivity index (χ1) is 15.6. The molecule has 9 heteroatoms. The SMILES string of the molecule is C#CCOC(=O)N[C@](Cc1ccccc1)(c1cc(F)cc(C(F)(F)F)c1)c1ccc(Cl)cn1. The summed E-state index contributed by atoms with van der Waals surface area (Å²) in [4.78, 5) is 16.8. The van der Waals surface area contributed by atoms with Crippen molar-refractivity contribution in [1.29, 1.82) is 0 Å². The molecule has 0 saturated carbocycles. The fourth-order valence-corrected chi connectivity index (χ4v) is 3.48. The predicted molar refractivity (Wildman–Crippen MR) is 115 cm³/mol. The molecule has 3 aromatic rings. The van der Waals surface area contributed by atoms with Crippen LogP contribution in [0.2, 0.25) is 5.02 Å². The number of halogens is 5. The number of terminal acetylenes is 1. The Hall–Kier alpha value is -3.57. The number of rotatable bonds is 6. The number of hydrogen-bond acceptors (Lipinski definition) is 3. The Morgan fingerprint density at radius 2 is 1.79 bits per heavy atom. The zero-order chi connectivity index (χ0) is 24.1. The second-order valence-electron chi connectivity index (χ2n) is 7.06. The van der Waals surface area contributed by atoms with E-state index in [1.807, 2.05) is 0 Å². The minimum atomic E-state index is -4.83. The smallest absolute Gasteiger partial charge is 0.416 e. The number of alkyl halides is 3. The van der Waals surface area contributed by atoms with Gasteiger partial charge in [-0.3, -0.25) is 4.98 Å². The zero-order valence-corrected chi connectivity index (χ0v) is 17.8. The Morgan fingerprint density at radius 1 is 1.09 bits per heavy atom. The molecule has 0 unspecified atom stereocenters. The summed E-state index contributed by atoms with van der Waals surface area (Å²) >= 11 is 5.95. The van der Waals surface area contributed by atoms with Crippen LogP contribution in [-0.2, 0) is 22.9 Å². The van der Waals surface area contributed by atoms with Gasteiger partial charge in [-0.05, 0) is 41.5 Å². The van der Waals surface area contributed by atoms with E-state index in [1.165, 1.54) is 18.3 Å². The van der Waals surface area contributed by atoms with E-state index in [0.29, 0.717) is 11.6 Å². The van der Waals surface area contributed by atoms with Gasteiger partial charge in [-0.2, -0.15) is 13.2 Å². The average Bonchev–Trinajstić information content (AvgIpc) is 2.77. The van der Waals surface area contributed by atoms with Crippen LogP contribution in [0.4, 0.5) is 22.4 Å². The molecule has 0 aliphatic carbocycles. The fraction of sp³-hybridized carbons (Fsp3) is 0.167. The minimum absolute atomic E-state index is 0.0750. The molecule has 0 saturated heterocycles. The number of pyridine rings is 1. The van der Waals surface area contributed by atoms with Crippen LogP contribution < -0.4 is 5.32 Å². The van der Waals surface area contributed by atoms with E-state index < -0.39 is 29.2 Å². The molecule has 1 N–H and O–H groups in total. The minimum Gasteiger partial charge on any atom is -0.436 e. The van der Waals surface area contributed by atoms with Crippen molar-refractivity contribution in [3.63, 3.8) is 0 Å². The molecule has 0 fully saturated rings. The van der Waals surface area contributed by atoms with Crippen LogP contribution >= 0.6 is 11.6 Å². The molecule has 1 heterocycles. The van der Waals surface area contributed by atoms with Gasteiger partial charge in [0, 0.05) is 12.6 Å². The molecule has 1 atom stereocenters. The maximum absolute atomic E-state index is 14.4. The number of carbonyl (C=O) groups is 1. The molecule has 33 heavy (non-hydrogen) atoms. The van der Waals surface area contributed by atoms with E-state index in [9.17, 15) is 22.4 Å². The first kappa shape index (κ1) is 24.1. The third-order valence-electron chi connectivity index (χ3n) is 4.80. The molecule has 1 amide bonds. The molecule has 3 rings (SSSR count). The van der Waals surface area contributed by atoms with Crippen LogP contribution in [0.1, 0.15) is 22.4 Å². The van der Waals surface area contributed by atoms with Crippen LogP contribution in [0, 0.1) is 18.2 Å². The summed E-state index contributed by atoms with van der Waals surface area (Å²) < 4.78 is 59.9. The van der Waals surface area contributed by atoms with E-state index >= 15 is 0 Å². The average molecular weight is 477 g/mol. The number of carbonyl (C=O) groups excluding carboxylic acids is 1. The van der Waals surface area contributed by atoms with Gasteiger partial charge in [-0.15, -0.1) is 6.42 Å². The molecule has 2 aromatic carbocycles. The van der Waals surface area contributed by atoms with E-state index in [2.05, 4.69) is 16.2 Å². The van der Waals surface area contributed by atoms with E-state index in [1.54, 1.807) is 30.3 Å². The number of alkyl carbamates (subject to hydrolysis) is 1. The molecule has 0 radical (unpaired) electrons. The van der Waals surface area contributed by atoms with Crippen molar-refractivity contribution < 1.29 is 27.1 Å². The molecule has 0 aliphatic heterocycles. The maximum atomic E-state index is 14.4. The molecule has 1 aromatic heterocycles. The Kier molecular flexibility index (Phi) is 7.24. The Bertz CT molecular complexity index is 1160. The fourth-order valence-electron chi connectivity index (χ4n) is 3.37. The van der Waals surface area contributed by atoms with Crippen LogP contribution in [0.5, 0.6) is 0 Å². The van der Waals surface area contributed by atoms with Gasteiger partial charge in [0.15, 0.2) is 6.61 Å². The highest BCUT2D eigenvalue weighted by Gasteiger charge is 2.41. The number of hydrogen-bond donors (Lipinski definition) is 1.